The third kappa shape index (κ3) is 1.98. The van der Waals surface area contributed by atoms with Crippen LogP contribution in [0.15, 0.2) is 30.3 Å². The number of para-hydroxylation sites is 1. The second-order valence-corrected chi connectivity index (χ2v) is 2.98. The van der Waals surface area contributed by atoms with Crippen LogP contribution in [0.25, 0.3) is 0 Å². The van der Waals surface area contributed by atoms with Gasteiger partial charge in [0.05, 0.1) is 6.61 Å². The fourth-order valence-corrected chi connectivity index (χ4v) is 1.04. The Hall–Kier alpha value is -1.02. The molecule has 0 aliphatic carbocycles. The Labute approximate surface area is 73.4 Å². The molecule has 1 N–H and O–H groups in total. The molecule has 1 aromatic rings. The summed E-state index contributed by atoms with van der Waals surface area (Å²) in [5.41, 5.74) is 1.14. The van der Waals surface area contributed by atoms with Gasteiger partial charge >= 0.3 is 0 Å². The molecule has 0 aliphatic rings. The van der Waals surface area contributed by atoms with Crippen LogP contribution in [0.2, 0.25) is 0 Å². The van der Waals surface area contributed by atoms with E-state index in [1.54, 1.807) is 0 Å². The van der Waals surface area contributed by atoms with Crippen molar-refractivity contribution in [2.24, 2.45) is 0 Å². The second-order valence-electron chi connectivity index (χ2n) is 2.98. The number of aliphatic hydroxyl groups is 1. The van der Waals surface area contributed by atoms with Crippen molar-refractivity contribution in [3.63, 3.8) is 0 Å². The Morgan fingerprint density at radius 2 is 1.92 bits per heavy atom. The number of rotatable bonds is 3. The number of anilines is 1. The van der Waals surface area contributed by atoms with E-state index in [1.807, 2.05) is 44.3 Å². The van der Waals surface area contributed by atoms with Gasteiger partial charge in [-0.2, -0.15) is 0 Å². The van der Waals surface area contributed by atoms with Crippen molar-refractivity contribution in [3.8, 4) is 0 Å². The van der Waals surface area contributed by atoms with E-state index in [9.17, 15) is 0 Å². The van der Waals surface area contributed by atoms with Crippen molar-refractivity contribution in [1.29, 1.82) is 0 Å². The van der Waals surface area contributed by atoms with Crippen LogP contribution in [0.4, 0.5) is 5.69 Å². The van der Waals surface area contributed by atoms with Crippen molar-refractivity contribution in [2.45, 2.75) is 13.0 Å². The average Bonchev–Trinajstić information content (AvgIpc) is 2.17. The van der Waals surface area contributed by atoms with E-state index < -0.39 is 0 Å². The molecule has 1 atom stereocenters. The molecular formula is C10H15NO. The second kappa shape index (κ2) is 4.12. The lowest BCUT2D eigenvalue weighted by molar-refractivity contribution is 0.270. The highest BCUT2D eigenvalue weighted by Gasteiger charge is 2.06. The number of hydrogen-bond acceptors (Lipinski definition) is 2. The topological polar surface area (TPSA) is 23.5 Å². The van der Waals surface area contributed by atoms with Gasteiger partial charge in [-0.15, -0.1) is 0 Å². The molecular weight excluding hydrogens is 150 g/mol. The maximum absolute atomic E-state index is 8.92. The first-order valence-corrected chi connectivity index (χ1v) is 4.14. The molecule has 0 saturated heterocycles. The lowest BCUT2D eigenvalue weighted by atomic mass is 10.2. The van der Waals surface area contributed by atoms with Gasteiger partial charge in [0.1, 0.15) is 0 Å². The fourth-order valence-electron chi connectivity index (χ4n) is 1.04. The Bertz CT molecular complexity index is 223. The summed E-state index contributed by atoms with van der Waals surface area (Å²) in [6.07, 6.45) is 0. The van der Waals surface area contributed by atoms with Crippen LogP contribution in [-0.2, 0) is 0 Å². The molecule has 0 aliphatic heterocycles. The Morgan fingerprint density at radius 3 is 2.42 bits per heavy atom. The highest BCUT2D eigenvalue weighted by Crippen LogP contribution is 2.13. The Balaban J connectivity index is 2.71. The number of nitrogens with zero attached hydrogens (tertiary/aromatic N) is 1. The SMILES string of the molecule is CC(CO)N(C)c1ccccc1. The van der Waals surface area contributed by atoms with Gasteiger partial charge < -0.3 is 10.0 Å². The van der Waals surface area contributed by atoms with E-state index in [0.29, 0.717) is 0 Å². The van der Waals surface area contributed by atoms with Crippen LogP contribution in [-0.4, -0.2) is 24.8 Å². The molecule has 1 unspecified atom stereocenters. The van der Waals surface area contributed by atoms with E-state index in [4.69, 9.17) is 5.11 Å². The van der Waals surface area contributed by atoms with Gasteiger partial charge in [0.2, 0.25) is 0 Å². The van der Waals surface area contributed by atoms with Crippen LogP contribution in [0.5, 0.6) is 0 Å². The van der Waals surface area contributed by atoms with Gasteiger partial charge in [-0.1, -0.05) is 18.2 Å². The van der Waals surface area contributed by atoms with Gasteiger partial charge in [0.15, 0.2) is 0 Å². The van der Waals surface area contributed by atoms with Crippen LogP contribution in [0, 0.1) is 0 Å². The van der Waals surface area contributed by atoms with Gasteiger partial charge in [0, 0.05) is 18.8 Å². The van der Waals surface area contributed by atoms with Crippen molar-refractivity contribution in [3.05, 3.63) is 30.3 Å². The molecule has 0 spiro atoms. The van der Waals surface area contributed by atoms with E-state index in [0.717, 1.165) is 5.69 Å². The normalized spacial score (nSPS) is 12.6. The molecule has 2 heteroatoms. The number of hydrogen-bond donors (Lipinski definition) is 1. The third-order valence-electron chi connectivity index (χ3n) is 2.09. The van der Waals surface area contributed by atoms with Crippen LogP contribution < -0.4 is 4.90 Å². The highest BCUT2D eigenvalue weighted by atomic mass is 16.3. The molecule has 1 aromatic carbocycles. The number of likely N-dealkylation sites (N-methyl/N-ethyl adjacent to an activating group) is 1. The zero-order valence-electron chi connectivity index (χ0n) is 7.57. The standard InChI is InChI=1S/C10H15NO/c1-9(8-12)11(2)10-6-4-3-5-7-10/h3-7,9,12H,8H2,1-2H3. The Kier molecular flexibility index (Phi) is 3.11. The van der Waals surface area contributed by atoms with Crippen molar-refractivity contribution in [1.82, 2.24) is 0 Å². The van der Waals surface area contributed by atoms with Crippen molar-refractivity contribution < 1.29 is 5.11 Å². The molecule has 0 saturated carbocycles. The van der Waals surface area contributed by atoms with Gasteiger partial charge in [-0.25, -0.2) is 0 Å². The zero-order chi connectivity index (χ0) is 8.97. The van der Waals surface area contributed by atoms with Crippen molar-refractivity contribution >= 4 is 5.69 Å². The monoisotopic (exact) mass is 165 g/mol. The predicted octanol–water partition coefficient (Wildman–Crippen LogP) is 1.50. The summed E-state index contributed by atoms with van der Waals surface area (Å²) in [6, 6.07) is 10.2. The summed E-state index contributed by atoms with van der Waals surface area (Å²) in [6.45, 7) is 2.18. The van der Waals surface area contributed by atoms with Gasteiger partial charge in [-0.3, -0.25) is 0 Å². The minimum absolute atomic E-state index is 0.174. The molecule has 0 heterocycles. The summed E-state index contributed by atoms with van der Waals surface area (Å²) < 4.78 is 0. The van der Waals surface area contributed by atoms with Crippen LogP contribution in [0.1, 0.15) is 6.92 Å². The molecule has 0 aromatic heterocycles. The lowest BCUT2D eigenvalue weighted by Gasteiger charge is -2.25. The van der Waals surface area contributed by atoms with Gasteiger partial charge in [0.25, 0.3) is 0 Å². The minimum Gasteiger partial charge on any atom is -0.394 e. The van der Waals surface area contributed by atoms with Crippen molar-refractivity contribution in [2.75, 3.05) is 18.6 Å². The average molecular weight is 165 g/mol. The minimum atomic E-state index is 0.174. The first-order chi connectivity index (χ1) is 5.75. The van der Waals surface area contributed by atoms with Gasteiger partial charge in [-0.05, 0) is 19.1 Å². The van der Waals surface area contributed by atoms with E-state index in [2.05, 4.69) is 4.90 Å². The summed E-state index contributed by atoms with van der Waals surface area (Å²) in [5, 5.41) is 8.92. The number of benzene rings is 1. The largest absolute Gasteiger partial charge is 0.394 e. The third-order valence-corrected chi connectivity index (χ3v) is 2.09. The molecule has 0 bridgehead atoms. The molecule has 2 nitrogen and oxygen atoms in total. The summed E-state index contributed by atoms with van der Waals surface area (Å²) in [7, 11) is 1.98. The molecule has 66 valence electrons. The first-order valence-electron chi connectivity index (χ1n) is 4.14. The summed E-state index contributed by atoms with van der Waals surface area (Å²) >= 11 is 0. The summed E-state index contributed by atoms with van der Waals surface area (Å²) in [4.78, 5) is 2.06. The molecule has 0 fully saturated rings. The van der Waals surface area contributed by atoms with Crippen LogP contribution >= 0.6 is 0 Å². The number of aliphatic hydroxyl groups excluding tert-OH is 1. The molecule has 0 radical (unpaired) electrons. The molecule has 1 rings (SSSR count). The molecule has 0 amide bonds. The lowest BCUT2D eigenvalue weighted by Crippen LogP contribution is -2.31. The smallest absolute Gasteiger partial charge is 0.0632 e. The Morgan fingerprint density at radius 1 is 1.33 bits per heavy atom. The van der Waals surface area contributed by atoms with E-state index >= 15 is 0 Å². The molecule has 12 heavy (non-hydrogen) atoms. The highest BCUT2D eigenvalue weighted by molar-refractivity contribution is 5.45. The summed E-state index contributed by atoms with van der Waals surface area (Å²) in [5.74, 6) is 0. The van der Waals surface area contributed by atoms with E-state index in [-0.39, 0.29) is 12.6 Å². The quantitative estimate of drug-likeness (QED) is 0.733. The fraction of sp³-hybridized carbons (Fsp3) is 0.400. The van der Waals surface area contributed by atoms with E-state index in [1.165, 1.54) is 0 Å². The predicted molar refractivity (Wildman–Crippen MR) is 51.4 cm³/mol. The zero-order valence-corrected chi connectivity index (χ0v) is 7.57. The maximum Gasteiger partial charge on any atom is 0.0632 e. The maximum atomic E-state index is 8.92. The van der Waals surface area contributed by atoms with Crippen LogP contribution in [0.3, 0.4) is 0 Å². The first kappa shape index (κ1) is 9.07.